The first-order valence-corrected chi connectivity index (χ1v) is 9.31. The molecule has 27 heavy (non-hydrogen) atoms. The number of nitrogens with zero attached hydrogens (tertiary/aromatic N) is 2. The molecule has 0 aromatic rings. The zero-order chi connectivity index (χ0) is 20.2. The van der Waals surface area contributed by atoms with Crippen molar-refractivity contribution in [1.29, 1.82) is 0 Å². The fraction of sp³-hybridized carbons (Fsp3) is 0.444. The Morgan fingerprint density at radius 1 is 1.15 bits per heavy atom. The molecule has 0 radical (unpaired) electrons. The quantitative estimate of drug-likeness (QED) is 0.720. The van der Waals surface area contributed by atoms with Crippen LogP contribution in [0.25, 0.3) is 0 Å². The van der Waals surface area contributed by atoms with Crippen molar-refractivity contribution in [1.82, 2.24) is 9.80 Å². The fourth-order valence-corrected chi connectivity index (χ4v) is 3.70. The van der Waals surface area contributed by atoms with Crippen molar-refractivity contribution in [2.75, 3.05) is 26.2 Å². The predicted octanol–water partition coefficient (Wildman–Crippen LogP) is 2.93. The Balaban J connectivity index is 1.98. The van der Waals surface area contributed by atoms with Crippen LogP contribution in [0.4, 0.5) is 13.2 Å². The number of nitrogens with two attached hydrogens (primary N) is 1. The molecule has 0 saturated carbocycles. The zero-order valence-electron chi connectivity index (χ0n) is 15.0. The minimum absolute atomic E-state index is 0.264. The van der Waals surface area contributed by atoms with Crippen molar-refractivity contribution < 1.29 is 22.8 Å². The van der Waals surface area contributed by atoms with Crippen molar-refractivity contribution in [2.45, 2.75) is 25.9 Å². The number of halogens is 3. The maximum absolute atomic E-state index is 13.2. The summed E-state index contributed by atoms with van der Waals surface area (Å²) in [6.45, 7) is 7.02. The Labute approximate surface area is 160 Å². The van der Waals surface area contributed by atoms with E-state index in [1.54, 1.807) is 13.0 Å². The van der Waals surface area contributed by atoms with E-state index in [-0.39, 0.29) is 25.1 Å². The number of carbonyl (C=O) groups excluding carboxylic acids is 2. The zero-order valence-corrected chi connectivity index (χ0v) is 15.8. The summed E-state index contributed by atoms with van der Waals surface area (Å²) in [5, 5.41) is 0.613. The number of rotatable bonds is 5. The van der Waals surface area contributed by atoms with E-state index in [2.05, 4.69) is 6.58 Å². The first-order valence-electron chi connectivity index (χ1n) is 8.50. The highest BCUT2D eigenvalue weighted by atomic mass is 32.2. The van der Waals surface area contributed by atoms with Gasteiger partial charge in [0.15, 0.2) is 0 Å². The Hall–Kier alpha value is -2.16. The molecule has 148 valence electrons. The van der Waals surface area contributed by atoms with Crippen molar-refractivity contribution in [2.24, 2.45) is 5.73 Å². The number of primary amides is 1. The van der Waals surface area contributed by atoms with Crippen molar-refractivity contribution in [3.8, 4) is 0 Å². The molecule has 1 fully saturated rings. The first-order chi connectivity index (χ1) is 12.6. The van der Waals surface area contributed by atoms with Gasteiger partial charge in [-0.05, 0) is 19.8 Å². The highest BCUT2D eigenvalue weighted by molar-refractivity contribution is 8.07. The molecule has 0 aromatic heterocycles. The van der Waals surface area contributed by atoms with Gasteiger partial charge in [0, 0.05) is 31.8 Å². The lowest BCUT2D eigenvalue weighted by Gasteiger charge is -2.37. The van der Waals surface area contributed by atoms with Gasteiger partial charge in [0.05, 0.1) is 15.5 Å². The van der Waals surface area contributed by atoms with E-state index >= 15 is 0 Å². The maximum Gasteiger partial charge on any atom is 0.416 e. The summed E-state index contributed by atoms with van der Waals surface area (Å²) in [5.74, 6) is -1.14. The Bertz CT molecular complexity index is 718. The monoisotopic (exact) mass is 401 g/mol. The van der Waals surface area contributed by atoms with E-state index in [1.807, 2.05) is 4.90 Å². The lowest BCUT2D eigenvalue weighted by molar-refractivity contribution is -0.130. The number of carbonyl (C=O) groups is 2. The third-order valence-electron chi connectivity index (χ3n) is 4.34. The van der Waals surface area contributed by atoms with Crippen molar-refractivity contribution in [3.05, 3.63) is 45.9 Å². The van der Waals surface area contributed by atoms with Crippen LogP contribution in [0.1, 0.15) is 19.8 Å². The summed E-state index contributed by atoms with van der Waals surface area (Å²) in [6, 6.07) is 0. The summed E-state index contributed by atoms with van der Waals surface area (Å²) >= 11 is 1.15. The van der Waals surface area contributed by atoms with E-state index in [0.29, 0.717) is 29.4 Å². The van der Waals surface area contributed by atoms with E-state index in [0.717, 1.165) is 17.8 Å². The molecule has 1 heterocycles. The standard InChI is InChI=1S/C18H22F3N3O2S/c1-3-15(16(22)25)27-12(2)23-8-10-24(11-9-23)17(26)13-6-4-5-7-14(13)18(19,20)21/h3,6-7H,2,4-5,8-11H2,1H3,(H2,22,25)/b15-3-. The topological polar surface area (TPSA) is 66.6 Å². The van der Waals surface area contributed by atoms with Gasteiger partial charge in [0.1, 0.15) is 0 Å². The summed E-state index contributed by atoms with van der Waals surface area (Å²) in [5.41, 5.74) is 4.16. The lowest BCUT2D eigenvalue weighted by Crippen LogP contribution is -2.48. The molecule has 2 N–H and O–H groups in total. The number of allylic oxidation sites excluding steroid dienone is 3. The van der Waals surface area contributed by atoms with Gasteiger partial charge < -0.3 is 15.5 Å². The van der Waals surface area contributed by atoms with Gasteiger partial charge in [0.2, 0.25) is 0 Å². The van der Waals surface area contributed by atoms with Crippen LogP contribution in [-0.4, -0.2) is 54.0 Å². The lowest BCUT2D eigenvalue weighted by atomic mass is 9.96. The number of alkyl halides is 3. The van der Waals surface area contributed by atoms with Crippen LogP contribution < -0.4 is 5.73 Å². The molecule has 1 saturated heterocycles. The number of hydrogen-bond acceptors (Lipinski definition) is 4. The summed E-state index contributed by atoms with van der Waals surface area (Å²) in [4.78, 5) is 27.6. The van der Waals surface area contributed by atoms with Gasteiger partial charge >= 0.3 is 6.18 Å². The smallest absolute Gasteiger partial charge is 0.365 e. The van der Waals surface area contributed by atoms with Gasteiger partial charge in [0.25, 0.3) is 11.8 Å². The van der Waals surface area contributed by atoms with Crippen LogP contribution >= 0.6 is 11.8 Å². The summed E-state index contributed by atoms with van der Waals surface area (Å²) in [7, 11) is 0. The van der Waals surface area contributed by atoms with Gasteiger partial charge in [-0.25, -0.2) is 0 Å². The fourth-order valence-electron chi connectivity index (χ4n) is 2.92. The van der Waals surface area contributed by atoms with Crippen LogP contribution in [0.2, 0.25) is 0 Å². The number of piperazine rings is 1. The molecule has 2 amide bonds. The van der Waals surface area contributed by atoms with Crippen LogP contribution in [0.3, 0.4) is 0 Å². The summed E-state index contributed by atoms with van der Waals surface area (Å²) in [6.07, 6.45) is 0.226. The van der Waals surface area contributed by atoms with Crippen molar-refractivity contribution >= 4 is 23.6 Å². The molecule has 0 spiro atoms. The van der Waals surface area contributed by atoms with E-state index in [9.17, 15) is 22.8 Å². The highest BCUT2D eigenvalue weighted by Gasteiger charge is 2.40. The number of thioether (sulfide) groups is 1. The predicted molar refractivity (Wildman–Crippen MR) is 99.3 cm³/mol. The highest BCUT2D eigenvalue weighted by Crippen LogP contribution is 2.35. The van der Waals surface area contributed by atoms with E-state index in [4.69, 9.17) is 5.73 Å². The van der Waals surface area contributed by atoms with Gasteiger partial charge in [-0.1, -0.05) is 36.6 Å². The molecule has 0 atom stereocenters. The van der Waals surface area contributed by atoms with Crippen LogP contribution in [0.5, 0.6) is 0 Å². The van der Waals surface area contributed by atoms with Crippen LogP contribution in [0, 0.1) is 0 Å². The summed E-state index contributed by atoms with van der Waals surface area (Å²) < 4.78 is 39.5. The van der Waals surface area contributed by atoms with Gasteiger partial charge in [-0.2, -0.15) is 13.2 Å². The van der Waals surface area contributed by atoms with Crippen molar-refractivity contribution in [3.63, 3.8) is 0 Å². The minimum Gasteiger partial charge on any atom is -0.365 e. The minimum atomic E-state index is -4.54. The third-order valence-corrected chi connectivity index (χ3v) is 5.49. The molecule has 0 aromatic carbocycles. The molecule has 0 bridgehead atoms. The molecular weight excluding hydrogens is 379 g/mol. The molecule has 2 aliphatic rings. The average molecular weight is 401 g/mol. The Morgan fingerprint density at radius 2 is 1.70 bits per heavy atom. The second kappa shape index (κ2) is 8.69. The second-order valence-corrected chi connectivity index (χ2v) is 7.22. The molecule has 2 rings (SSSR count). The van der Waals surface area contributed by atoms with Crippen LogP contribution in [-0.2, 0) is 9.59 Å². The SMILES string of the molecule is C=C(S/C(=C\C)C(N)=O)N1CCN(C(=O)C2=CCCC=C2C(F)(F)F)CC1. The van der Waals surface area contributed by atoms with E-state index in [1.165, 1.54) is 11.0 Å². The number of amides is 2. The molecule has 1 aliphatic carbocycles. The molecule has 5 nitrogen and oxygen atoms in total. The number of hydrogen-bond donors (Lipinski definition) is 1. The normalized spacial score (nSPS) is 18.7. The average Bonchev–Trinajstić information content (AvgIpc) is 2.64. The Morgan fingerprint density at radius 3 is 2.22 bits per heavy atom. The van der Waals surface area contributed by atoms with Gasteiger partial charge in [-0.3, -0.25) is 9.59 Å². The molecular formula is C18H22F3N3O2S. The molecule has 9 heteroatoms. The first kappa shape index (κ1) is 21.1. The maximum atomic E-state index is 13.2. The molecule has 0 unspecified atom stereocenters. The Kier molecular flexibility index (Phi) is 6.80. The largest absolute Gasteiger partial charge is 0.416 e. The molecule has 1 aliphatic heterocycles. The third kappa shape index (κ3) is 5.18. The second-order valence-electron chi connectivity index (χ2n) is 6.10. The van der Waals surface area contributed by atoms with E-state index < -0.39 is 23.6 Å². The van der Waals surface area contributed by atoms with Crippen LogP contribution in [0.15, 0.2) is 45.9 Å². The van der Waals surface area contributed by atoms with Gasteiger partial charge in [-0.15, -0.1) is 0 Å².